The van der Waals surface area contributed by atoms with Crippen molar-refractivity contribution in [2.24, 2.45) is 0 Å². The summed E-state index contributed by atoms with van der Waals surface area (Å²) in [6.45, 7) is 1.93. The third-order valence-electron chi connectivity index (χ3n) is 4.96. The molecule has 4 heterocycles. The van der Waals surface area contributed by atoms with E-state index in [4.69, 9.17) is 0 Å². The van der Waals surface area contributed by atoms with E-state index in [0.717, 1.165) is 42.1 Å². The molecule has 1 amide bonds. The quantitative estimate of drug-likeness (QED) is 0.557. The molecule has 1 aliphatic heterocycles. The fourth-order valence-electron chi connectivity index (χ4n) is 3.42. The summed E-state index contributed by atoms with van der Waals surface area (Å²) in [5.41, 5.74) is 2.96. The summed E-state index contributed by atoms with van der Waals surface area (Å²) in [5.74, 6) is -0.254. The van der Waals surface area contributed by atoms with E-state index in [0.29, 0.717) is 17.4 Å². The normalized spacial score (nSPS) is 15.1. The molecule has 1 aromatic carbocycles. The van der Waals surface area contributed by atoms with Crippen molar-refractivity contribution in [2.75, 3.05) is 18.4 Å². The lowest BCUT2D eigenvalue weighted by Crippen LogP contribution is -2.29. The average molecular weight is 393 g/mol. The van der Waals surface area contributed by atoms with E-state index in [1.165, 1.54) is 0 Å². The van der Waals surface area contributed by atoms with Crippen LogP contribution < -0.4 is 10.6 Å². The van der Waals surface area contributed by atoms with Crippen LogP contribution in [0.1, 0.15) is 29.4 Å². The molecule has 3 aromatic heterocycles. The molecule has 1 fully saturated rings. The highest BCUT2D eigenvalue weighted by Gasteiger charge is 2.19. The first kappa shape index (κ1) is 17.1. The number of hydrogen-bond acceptors (Lipinski definition) is 6. The molecule has 1 aliphatic rings. The number of rotatable bonds is 4. The van der Waals surface area contributed by atoms with E-state index in [2.05, 4.69) is 25.9 Å². The first-order chi connectivity index (χ1) is 13.8. The summed E-state index contributed by atoms with van der Waals surface area (Å²) < 4.78 is 3.81. The second kappa shape index (κ2) is 7.17. The molecule has 0 saturated carbocycles. The Hall–Kier alpha value is -3.04. The zero-order chi connectivity index (χ0) is 18.9. The minimum Gasteiger partial charge on any atom is -0.321 e. The van der Waals surface area contributed by atoms with Crippen molar-refractivity contribution in [2.45, 2.75) is 18.9 Å². The van der Waals surface area contributed by atoms with Crippen LogP contribution >= 0.6 is 11.3 Å². The van der Waals surface area contributed by atoms with Gasteiger partial charge in [-0.2, -0.15) is 0 Å². The van der Waals surface area contributed by atoms with Gasteiger partial charge in [-0.3, -0.25) is 9.20 Å². The molecule has 5 rings (SSSR count). The molecule has 9 heteroatoms. The van der Waals surface area contributed by atoms with E-state index >= 15 is 0 Å². The van der Waals surface area contributed by atoms with E-state index < -0.39 is 0 Å². The predicted molar refractivity (Wildman–Crippen MR) is 108 cm³/mol. The van der Waals surface area contributed by atoms with Gasteiger partial charge in [0.2, 0.25) is 0 Å². The van der Waals surface area contributed by atoms with Gasteiger partial charge in [0.25, 0.3) is 5.91 Å². The number of hydrogen-bond donors (Lipinski definition) is 2. The minimum absolute atomic E-state index is 0.254. The molecular formula is C19H19N7OS. The summed E-state index contributed by atoms with van der Waals surface area (Å²) in [6.07, 6.45) is 7.72. The van der Waals surface area contributed by atoms with Crippen LogP contribution in [0.5, 0.6) is 0 Å². The number of aromatic nitrogens is 5. The summed E-state index contributed by atoms with van der Waals surface area (Å²) in [5, 5.41) is 16.4. The monoisotopic (exact) mass is 393 g/mol. The Balaban J connectivity index is 1.27. The number of carbonyl (C=O) groups is 1. The van der Waals surface area contributed by atoms with Crippen LogP contribution in [0.3, 0.4) is 0 Å². The van der Waals surface area contributed by atoms with Crippen LogP contribution in [-0.2, 0) is 0 Å². The predicted octanol–water partition coefficient (Wildman–Crippen LogP) is 2.83. The highest BCUT2D eigenvalue weighted by atomic mass is 32.1. The van der Waals surface area contributed by atoms with Crippen molar-refractivity contribution >= 4 is 27.9 Å². The average Bonchev–Trinajstić information content (AvgIpc) is 3.45. The Kier molecular flexibility index (Phi) is 4.38. The zero-order valence-corrected chi connectivity index (χ0v) is 15.9. The van der Waals surface area contributed by atoms with Crippen molar-refractivity contribution in [1.82, 2.24) is 29.7 Å². The molecule has 0 unspecified atom stereocenters. The smallest absolute Gasteiger partial charge is 0.277 e. The number of thiazole rings is 1. The second-order valence-electron chi connectivity index (χ2n) is 6.82. The van der Waals surface area contributed by atoms with Gasteiger partial charge < -0.3 is 10.6 Å². The van der Waals surface area contributed by atoms with Crippen LogP contribution in [0.15, 0.2) is 48.2 Å². The Bertz CT molecular complexity index is 1080. The highest BCUT2D eigenvalue weighted by molar-refractivity contribution is 7.15. The molecule has 2 N–H and O–H groups in total. The van der Waals surface area contributed by atoms with Gasteiger partial charge in [-0.15, -0.1) is 16.4 Å². The number of nitrogens with one attached hydrogen (secondary N) is 2. The Labute approximate surface area is 165 Å². The number of anilines is 1. The number of carbonyl (C=O) groups excluding carboxylic acids is 1. The van der Waals surface area contributed by atoms with Crippen LogP contribution in [0.2, 0.25) is 0 Å². The first-order valence-corrected chi connectivity index (χ1v) is 10.1. The van der Waals surface area contributed by atoms with Gasteiger partial charge in [-0.25, -0.2) is 9.67 Å². The number of benzene rings is 1. The molecule has 0 spiro atoms. The number of piperidine rings is 1. The maximum Gasteiger partial charge on any atom is 0.277 e. The minimum atomic E-state index is -0.254. The Morgan fingerprint density at radius 3 is 2.79 bits per heavy atom. The molecule has 1 saturated heterocycles. The number of amides is 1. The fraction of sp³-hybridized carbons (Fsp3) is 0.263. The molecule has 0 radical (unpaired) electrons. The van der Waals surface area contributed by atoms with Gasteiger partial charge >= 0.3 is 0 Å². The van der Waals surface area contributed by atoms with Crippen molar-refractivity contribution < 1.29 is 4.79 Å². The summed E-state index contributed by atoms with van der Waals surface area (Å²) in [4.78, 5) is 18.1. The Morgan fingerprint density at radius 1 is 1.18 bits per heavy atom. The van der Waals surface area contributed by atoms with Gasteiger partial charge in [-0.05, 0) is 38.1 Å². The zero-order valence-electron chi connectivity index (χ0n) is 15.1. The van der Waals surface area contributed by atoms with E-state index in [1.807, 2.05) is 51.1 Å². The summed E-state index contributed by atoms with van der Waals surface area (Å²) in [6, 6.07) is 7.96. The highest BCUT2D eigenvalue weighted by Crippen LogP contribution is 2.23. The van der Waals surface area contributed by atoms with Crippen molar-refractivity contribution in [3.8, 4) is 11.3 Å². The maximum absolute atomic E-state index is 12.5. The Morgan fingerprint density at radius 2 is 2.00 bits per heavy atom. The third-order valence-corrected chi connectivity index (χ3v) is 5.73. The van der Waals surface area contributed by atoms with E-state index in [-0.39, 0.29) is 5.91 Å². The van der Waals surface area contributed by atoms with Gasteiger partial charge in [0.05, 0.1) is 17.9 Å². The van der Waals surface area contributed by atoms with Crippen LogP contribution in [0, 0.1) is 0 Å². The summed E-state index contributed by atoms with van der Waals surface area (Å²) >= 11 is 1.60. The van der Waals surface area contributed by atoms with Gasteiger partial charge in [-0.1, -0.05) is 17.3 Å². The lowest BCUT2D eigenvalue weighted by molar-refractivity contribution is 0.102. The van der Waals surface area contributed by atoms with Crippen LogP contribution in [0.25, 0.3) is 16.2 Å². The van der Waals surface area contributed by atoms with E-state index in [1.54, 1.807) is 17.5 Å². The van der Waals surface area contributed by atoms with Crippen molar-refractivity contribution in [1.29, 1.82) is 0 Å². The van der Waals surface area contributed by atoms with Crippen molar-refractivity contribution in [3.05, 3.63) is 53.9 Å². The third kappa shape index (κ3) is 3.30. The number of fused-ring (bicyclic) bond motifs is 1. The molecule has 28 heavy (non-hydrogen) atoms. The van der Waals surface area contributed by atoms with E-state index in [9.17, 15) is 4.79 Å². The molecule has 8 nitrogen and oxygen atoms in total. The standard InChI is InChI=1S/C19H19N7OS/c27-18(17-12-26(24-23-17)15-5-7-20-8-6-15)21-14-3-1-13(2-4-14)16-11-25-9-10-28-19(25)22-16/h1-4,9-12,15,20H,5-8H2,(H,21,27). The molecule has 142 valence electrons. The molecule has 0 aliphatic carbocycles. The molecule has 0 atom stereocenters. The lowest BCUT2D eigenvalue weighted by atomic mass is 10.1. The molecule has 4 aromatic rings. The molecular weight excluding hydrogens is 374 g/mol. The number of imidazole rings is 1. The van der Waals surface area contributed by atoms with Crippen LogP contribution in [0.4, 0.5) is 5.69 Å². The van der Waals surface area contributed by atoms with Gasteiger partial charge in [0, 0.05) is 29.0 Å². The van der Waals surface area contributed by atoms with Gasteiger partial charge in [0.15, 0.2) is 10.7 Å². The maximum atomic E-state index is 12.5. The molecule has 0 bridgehead atoms. The summed E-state index contributed by atoms with van der Waals surface area (Å²) in [7, 11) is 0. The second-order valence-corrected chi connectivity index (χ2v) is 7.69. The van der Waals surface area contributed by atoms with Gasteiger partial charge in [0.1, 0.15) is 0 Å². The number of nitrogens with zero attached hydrogens (tertiary/aromatic N) is 5. The topological polar surface area (TPSA) is 89.1 Å². The fourth-order valence-corrected chi connectivity index (χ4v) is 4.12. The largest absolute Gasteiger partial charge is 0.321 e. The van der Waals surface area contributed by atoms with Crippen LogP contribution in [-0.4, -0.2) is 43.4 Å². The van der Waals surface area contributed by atoms with Crippen molar-refractivity contribution in [3.63, 3.8) is 0 Å². The lowest BCUT2D eigenvalue weighted by Gasteiger charge is -2.22. The first-order valence-electron chi connectivity index (χ1n) is 9.23. The SMILES string of the molecule is O=C(Nc1ccc(-c2cn3ccsc3n2)cc1)c1cn(C2CCNCC2)nn1.